The van der Waals surface area contributed by atoms with Gasteiger partial charge in [-0.15, -0.1) is 0 Å². The van der Waals surface area contributed by atoms with Crippen molar-refractivity contribution in [1.82, 2.24) is 0 Å². The second-order valence-electron chi connectivity index (χ2n) is 8.19. The molecule has 0 unspecified atom stereocenters. The third-order valence-electron chi connectivity index (χ3n) is 6.97. The molecule has 3 fully saturated rings. The van der Waals surface area contributed by atoms with E-state index in [4.69, 9.17) is 19.3 Å². The number of hydrogen-bond donors (Lipinski definition) is 1. The molecule has 1 saturated carbocycles. The summed E-state index contributed by atoms with van der Waals surface area (Å²) in [7, 11) is 1.44. The number of amides is 1. The van der Waals surface area contributed by atoms with E-state index in [9.17, 15) is 14.7 Å². The Labute approximate surface area is 168 Å². The highest BCUT2D eigenvalue weighted by atomic mass is 16.7. The molecule has 1 aliphatic carbocycles. The van der Waals surface area contributed by atoms with Crippen LogP contribution in [0, 0.1) is 5.92 Å². The molecule has 6 rings (SSSR count). The summed E-state index contributed by atoms with van der Waals surface area (Å²) in [5, 5.41) is 13.1. The molecular formula is C21H24N2O6. The third-order valence-corrected chi connectivity index (χ3v) is 6.97. The van der Waals surface area contributed by atoms with Gasteiger partial charge in [-0.05, 0) is 24.5 Å². The minimum absolute atomic E-state index is 0.251. The predicted molar refractivity (Wildman–Crippen MR) is 102 cm³/mol. The highest BCUT2D eigenvalue weighted by Crippen LogP contribution is 2.58. The van der Waals surface area contributed by atoms with Crippen LogP contribution < -0.4 is 5.06 Å². The number of para-hydroxylation sites is 1. The molecule has 8 heteroatoms. The number of anilines is 1. The summed E-state index contributed by atoms with van der Waals surface area (Å²) in [5.74, 6) is -1.18. The van der Waals surface area contributed by atoms with Crippen molar-refractivity contribution in [3.05, 3.63) is 29.8 Å². The zero-order valence-electron chi connectivity index (χ0n) is 16.6. The van der Waals surface area contributed by atoms with Gasteiger partial charge in [-0.2, -0.15) is 5.06 Å². The van der Waals surface area contributed by atoms with Crippen molar-refractivity contribution in [2.75, 3.05) is 18.8 Å². The lowest BCUT2D eigenvalue weighted by molar-refractivity contribution is -0.213. The number of rotatable bonds is 3. The maximum Gasteiger partial charge on any atom is 0.303 e. The molecule has 6 atom stereocenters. The average Bonchev–Trinajstić information content (AvgIpc) is 3.00. The van der Waals surface area contributed by atoms with Crippen molar-refractivity contribution >= 4 is 23.3 Å². The largest absolute Gasteiger partial charge is 0.456 e. The molecule has 4 heterocycles. The smallest absolute Gasteiger partial charge is 0.303 e. The van der Waals surface area contributed by atoms with Crippen molar-refractivity contribution in [1.29, 1.82) is 0 Å². The molecule has 0 aromatic heterocycles. The van der Waals surface area contributed by atoms with Crippen LogP contribution in [0.2, 0.25) is 0 Å². The van der Waals surface area contributed by atoms with E-state index in [0.29, 0.717) is 24.2 Å². The Hall–Kier alpha value is -2.29. The summed E-state index contributed by atoms with van der Waals surface area (Å²) in [6, 6.07) is 7.08. The SMILES string of the molecule is CCC1=N[C@H]2C[C@@]3(C(=O)N(OC)c4ccccc43)[C@@H]3OC[C@H]2[C@@]1(O)[C@@H]3OC(C)=O. The van der Waals surface area contributed by atoms with Crippen LogP contribution in [0.4, 0.5) is 5.69 Å². The first-order valence-corrected chi connectivity index (χ1v) is 9.96. The lowest BCUT2D eigenvalue weighted by Crippen LogP contribution is -2.67. The zero-order valence-corrected chi connectivity index (χ0v) is 16.6. The van der Waals surface area contributed by atoms with E-state index in [2.05, 4.69) is 0 Å². The van der Waals surface area contributed by atoms with Crippen LogP contribution in [-0.4, -0.2) is 60.3 Å². The molecule has 8 nitrogen and oxygen atoms in total. The maximum atomic E-state index is 13.7. The molecular weight excluding hydrogens is 376 g/mol. The van der Waals surface area contributed by atoms with E-state index in [1.165, 1.54) is 19.1 Å². The Kier molecular flexibility index (Phi) is 3.94. The van der Waals surface area contributed by atoms with E-state index < -0.39 is 29.2 Å². The predicted octanol–water partition coefficient (Wildman–Crippen LogP) is 1.15. The van der Waals surface area contributed by atoms with Crippen molar-refractivity contribution in [2.45, 2.75) is 56.0 Å². The fourth-order valence-electron chi connectivity index (χ4n) is 5.87. The van der Waals surface area contributed by atoms with Crippen molar-refractivity contribution < 1.29 is 29.0 Å². The first-order valence-electron chi connectivity index (χ1n) is 9.96. The zero-order chi connectivity index (χ0) is 20.6. The molecule has 1 amide bonds. The summed E-state index contributed by atoms with van der Waals surface area (Å²) in [4.78, 5) is 35.9. The Balaban J connectivity index is 1.76. The first kappa shape index (κ1) is 18.7. The van der Waals surface area contributed by atoms with Crippen LogP contribution in [0.1, 0.15) is 32.3 Å². The van der Waals surface area contributed by atoms with Gasteiger partial charge in [0, 0.05) is 18.6 Å². The van der Waals surface area contributed by atoms with Gasteiger partial charge in [0.2, 0.25) is 0 Å². The van der Waals surface area contributed by atoms with E-state index in [-0.39, 0.29) is 24.5 Å². The minimum Gasteiger partial charge on any atom is -0.456 e. The molecule has 1 N–H and O–H groups in total. The highest BCUT2D eigenvalue weighted by molar-refractivity contribution is 6.08. The van der Waals surface area contributed by atoms with Crippen LogP contribution in [0.3, 0.4) is 0 Å². The van der Waals surface area contributed by atoms with Crippen molar-refractivity contribution in [2.24, 2.45) is 10.9 Å². The number of benzene rings is 1. The summed E-state index contributed by atoms with van der Waals surface area (Å²) in [6.45, 7) is 3.47. The van der Waals surface area contributed by atoms with Gasteiger partial charge >= 0.3 is 5.97 Å². The van der Waals surface area contributed by atoms with Gasteiger partial charge in [0.25, 0.3) is 5.91 Å². The first-order chi connectivity index (χ1) is 13.9. The van der Waals surface area contributed by atoms with E-state index in [1.807, 2.05) is 31.2 Å². The van der Waals surface area contributed by atoms with Gasteiger partial charge in [-0.3, -0.25) is 19.4 Å². The number of aliphatic hydroxyl groups is 1. The molecule has 4 bridgehead atoms. The fourth-order valence-corrected chi connectivity index (χ4v) is 5.87. The summed E-state index contributed by atoms with van der Waals surface area (Å²) in [6.07, 6.45) is -0.973. The molecule has 1 spiro atoms. The number of fused-ring (bicyclic) bond motifs is 2. The number of aliphatic imine (C=N–C) groups is 1. The van der Waals surface area contributed by atoms with Gasteiger partial charge in [0.1, 0.15) is 17.1 Å². The summed E-state index contributed by atoms with van der Waals surface area (Å²) in [5.41, 5.74) is -0.589. The van der Waals surface area contributed by atoms with E-state index in [0.717, 1.165) is 5.56 Å². The quantitative estimate of drug-likeness (QED) is 0.765. The van der Waals surface area contributed by atoms with E-state index >= 15 is 0 Å². The Bertz CT molecular complexity index is 932. The normalized spacial score (nSPS) is 39.5. The molecule has 2 saturated heterocycles. The van der Waals surface area contributed by atoms with Crippen LogP contribution in [0.25, 0.3) is 0 Å². The fraction of sp³-hybridized carbons (Fsp3) is 0.571. The molecule has 29 heavy (non-hydrogen) atoms. The second kappa shape index (κ2) is 6.10. The molecule has 1 aromatic carbocycles. The second-order valence-corrected chi connectivity index (χ2v) is 8.19. The lowest BCUT2D eigenvalue weighted by Gasteiger charge is -2.47. The van der Waals surface area contributed by atoms with Gasteiger partial charge < -0.3 is 14.6 Å². The van der Waals surface area contributed by atoms with Crippen molar-refractivity contribution in [3.63, 3.8) is 0 Å². The molecule has 5 aliphatic rings. The van der Waals surface area contributed by atoms with Gasteiger partial charge in [0.15, 0.2) is 6.10 Å². The number of hydrogen-bond acceptors (Lipinski definition) is 7. The Morgan fingerprint density at radius 2 is 2.17 bits per heavy atom. The number of nitrogens with zero attached hydrogens (tertiary/aromatic N) is 2. The average molecular weight is 400 g/mol. The minimum atomic E-state index is -1.44. The number of esters is 1. The number of ether oxygens (including phenoxy) is 2. The number of carbonyl (C=O) groups is 2. The van der Waals surface area contributed by atoms with Gasteiger partial charge in [0.05, 0.1) is 25.4 Å². The summed E-state index contributed by atoms with van der Waals surface area (Å²) >= 11 is 0. The number of carbonyl (C=O) groups excluding carboxylic acids is 2. The third kappa shape index (κ3) is 2.11. The maximum absolute atomic E-state index is 13.7. The molecule has 1 aromatic rings. The lowest BCUT2D eigenvalue weighted by atomic mass is 9.69. The molecule has 154 valence electrons. The van der Waals surface area contributed by atoms with Gasteiger partial charge in [-0.25, -0.2) is 0 Å². The monoisotopic (exact) mass is 400 g/mol. The molecule has 4 aliphatic heterocycles. The van der Waals surface area contributed by atoms with Crippen LogP contribution in [0.15, 0.2) is 29.3 Å². The molecule has 0 radical (unpaired) electrons. The van der Waals surface area contributed by atoms with Crippen LogP contribution in [0.5, 0.6) is 0 Å². The number of hydroxylamine groups is 1. The summed E-state index contributed by atoms with van der Waals surface area (Å²) < 4.78 is 11.9. The van der Waals surface area contributed by atoms with Crippen molar-refractivity contribution in [3.8, 4) is 0 Å². The van der Waals surface area contributed by atoms with Crippen LogP contribution in [-0.2, 0) is 29.3 Å². The van der Waals surface area contributed by atoms with E-state index in [1.54, 1.807) is 0 Å². The highest BCUT2D eigenvalue weighted by Gasteiger charge is 2.73. The van der Waals surface area contributed by atoms with Gasteiger partial charge in [-0.1, -0.05) is 25.1 Å². The Morgan fingerprint density at radius 3 is 2.86 bits per heavy atom. The van der Waals surface area contributed by atoms with Crippen LogP contribution >= 0.6 is 0 Å². The topological polar surface area (TPSA) is 97.7 Å². The standard InChI is InChI=1S/C21H24N2O6/c1-4-16-21(26)13-10-28-17(18(21)29-11(2)24)20(9-14(13)22-16)12-7-5-6-8-15(12)23(27-3)19(20)25/h5-8,13-14,17-18,26H,4,9-10H2,1-3H3/t13-,14+,17-,18-,20+,21+/m1/s1. The Morgan fingerprint density at radius 1 is 1.41 bits per heavy atom.